The van der Waals surface area contributed by atoms with Gasteiger partial charge < -0.3 is 15.2 Å². The SMILES string of the molecule is CCNC(=NCc1ccc(Cl)cc1)NCc1noc(C)n1. The van der Waals surface area contributed by atoms with Crippen molar-refractivity contribution < 1.29 is 4.52 Å². The van der Waals surface area contributed by atoms with Crippen molar-refractivity contribution in [2.75, 3.05) is 6.54 Å². The monoisotopic (exact) mass is 307 g/mol. The molecule has 1 aromatic heterocycles. The number of aryl methyl sites for hydroxylation is 1. The minimum Gasteiger partial charge on any atom is -0.357 e. The summed E-state index contributed by atoms with van der Waals surface area (Å²) in [5.74, 6) is 1.86. The third-order valence-corrected chi connectivity index (χ3v) is 2.91. The molecule has 0 bridgehead atoms. The van der Waals surface area contributed by atoms with E-state index >= 15 is 0 Å². The third-order valence-electron chi connectivity index (χ3n) is 2.66. The maximum Gasteiger partial charge on any atom is 0.223 e. The third kappa shape index (κ3) is 5.07. The van der Waals surface area contributed by atoms with Crippen LogP contribution in [-0.4, -0.2) is 22.6 Å². The summed E-state index contributed by atoms with van der Waals surface area (Å²) in [5.41, 5.74) is 1.09. The van der Waals surface area contributed by atoms with Gasteiger partial charge in [0.05, 0.1) is 13.1 Å². The Balaban J connectivity index is 1.93. The fourth-order valence-corrected chi connectivity index (χ4v) is 1.80. The number of halogens is 1. The topological polar surface area (TPSA) is 75.3 Å². The summed E-state index contributed by atoms with van der Waals surface area (Å²) in [6, 6.07) is 7.62. The van der Waals surface area contributed by atoms with Gasteiger partial charge in [-0.05, 0) is 24.6 Å². The zero-order chi connectivity index (χ0) is 15.1. The molecule has 0 aliphatic rings. The van der Waals surface area contributed by atoms with Gasteiger partial charge in [-0.25, -0.2) is 4.99 Å². The highest BCUT2D eigenvalue weighted by molar-refractivity contribution is 6.30. The minimum atomic E-state index is 0.462. The molecule has 0 spiro atoms. The summed E-state index contributed by atoms with van der Waals surface area (Å²) in [4.78, 5) is 8.63. The van der Waals surface area contributed by atoms with Crippen LogP contribution in [0.4, 0.5) is 0 Å². The zero-order valence-electron chi connectivity index (χ0n) is 12.1. The molecule has 0 amide bonds. The number of hydrogen-bond acceptors (Lipinski definition) is 4. The predicted molar refractivity (Wildman–Crippen MR) is 82.1 cm³/mol. The molecular weight excluding hydrogens is 290 g/mol. The van der Waals surface area contributed by atoms with Crippen molar-refractivity contribution in [1.29, 1.82) is 0 Å². The van der Waals surface area contributed by atoms with Gasteiger partial charge in [0.2, 0.25) is 5.89 Å². The summed E-state index contributed by atoms with van der Waals surface area (Å²) in [5, 5.41) is 10.9. The van der Waals surface area contributed by atoms with Gasteiger partial charge in [-0.3, -0.25) is 0 Å². The largest absolute Gasteiger partial charge is 0.357 e. The van der Waals surface area contributed by atoms with Gasteiger partial charge in [0, 0.05) is 18.5 Å². The lowest BCUT2D eigenvalue weighted by molar-refractivity contribution is 0.387. The molecule has 7 heteroatoms. The Kier molecular flexibility index (Phi) is 5.57. The molecule has 0 saturated carbocycles. The first-order valence-electron chi connectivity index (χ1n) is 6.73. The maximum atomic E-state index is 5.86. The molecule has 0 aliphatic heterocycles. The lowest BCUT2D eigenvalue weighted by atomic mass is 10.2. The van der Waals surface area contributed by atoms with E-state index < -0.39 is 0 Å². The van der Waals surface area contributed by atoms with Crippen molar-refractivity contribution in [3.8, 4) is 0 Å². The smallest absolute Gasteiger partial charge is 0.223 e. The number of benzene rings is 1. The first-order chi connectivity index (χ1) is 10.2. The molecule has 0 aliphatic carbocycles. The molecule has 0 radical (unpaired) electrons. The predicted octanol–water partition coefficient (Wildman–Crippen LogP) is 2.29. The Bertz CT molecular complexity index is 594. The highest BCUT2D eigenvalue weighted by atomic mass is 35.5. The molecule has 0 atom stereocenters. The van der Waals surface area contributed by atoms with Gasteiger partial charge in [0.25, 0.3) is 0 Å². The van der Waals surface area contributed by atoms with E-state index in [9.17, 15) is 0 Å². The van der Waals surface area contributed by atoms with Gasteiger partial charge in [-0.2, -0.15) is 4.98 Å². The van der Waals surface area contributed by atoms with Gasteiger partial charge in [-0.1, -0.05) is 28.9 Å². The van der Waals surface area contributed by atoms with Crippen LogP contribution < -0.4 is 10.6 Å². The van der Waals surface area contributed by atoms with Gasteiger partial charge in [0.1, 0.15) is 0 Å². The molecule has 2 rings (SSSR count). The van der Waals surface area contributed by atoms with Gasteiger partial charge in [-0.15, -0.1) is 0 Å². The highest BCUT2D eigenvalue weighted by Gasteiger charge is 2.03. The number of guanidine groups is 1. The second kappa shape index (κ2) is 7.64. The second-order valence-electron chi connectivity index (χ2n) is 4.40. The van der Waals surface area contributed by atoms with Crippen molar-refractivity contribution in [2.45, 2.75) is 26.9 Å². The van der Waals surface area contributed by atoms with Crippen LogP contribution in [0.5, 0.6) is 0 Å². The van der Waals surface area contributed by atoms with Crippen LogP contribution in [0.1, 0.15) is 24.2 Å². The molecule has 0 unspecified atom stereocenters. The van der Waals surface area contributed by atoms with E-state index in [-0.39, 0.29) is 0 Å². The summed E-state index contributed by atoms with van der Waals surface area (Å²) in [7, 11) is 0. The molecule has 0 fully saturated rings. The number of nitrogens with one attached hydrogen (secondary N) is 2. The van der Waals surface area contributed by atoms with Crippen LogP contribution >= 0.6 is 11.6 Å². The Morgan fingerprint density at radius 3 is 2.67 bits per heavy atom. The lowest BCUT2D eigenvalue weighted by Crippen LogP contribution is -2.37. The molecule has 1 heterocycles. The summed E-state index contributed by atoms with van der Waals surface area (Å²) in [6.07, 6.45) is 0. The molecule has 112 valence electrons. The fourth-order valence-electron chi connectivity index (χ4n) is 1.68. The minimum absolute atomic E-state index is 0.462. The molecule has 2 N–H and O–H groups in total. The van der Waals surface area contributed by atoms with E-state index in [1.54, 1.807) is 6.92 Å². The Morgan fingerprint density at radius 2 is 2.05 bits per heavy atom. The standard InChI is InChI=1S/C14H18ClN5O/c1-3-16-14(18-9-13-19-10(2)21-20-13)17-8-11-4-6-12(15)7-5-11/h4-7H,3,8-9H2,1-2H3,(H2,16,17,18). The van der Waals surface area contributed by atoms with E-state index in [0.29, 0.717) is 30.8 Å². The second-order valence-corrected chi connectivity index (χ2v) is 4.84. The fraction of sp³-hybridized carbons (Fsp3) is 0.357. The number of aromatic nitrogens is 2. The van der Waals surface area contributed by atoms with Crippen LogP contribution in [0.3, 0.4) is 0 Å². The van der Waals surface area contributed by atoms with Crippen molar-refractivity contribution in [1.82, 2.24) is 20.8 Å². The first kappa shape index (κ1) is 15.3. The Hall–Kier alpha value is -2.08. The Morgan fingerprint density at radius 1 is 1.29 bits per heavy atom. The first-order valence-corrected chi connectivity index (χ1v) is 7.11. The van der Waals surface area contributed by atoms with Crippen LogP contribution in [0.2, 0.25) is 5.02 Å². The number of rotatable bonds is 5. The number of aliphatic imine (C=N–C) groups is 1. The van der Waals surface area contributed by atoms with E-state index in [2.05, 4.69) is 25.8 Å². The maximum absolute atomic E-state index is 5.86. The quantitative estimate of drug-likeness (QED) is 0.655. The molecule has 1 aromatic carbocycles. The van der Waals surface area contributed by atoms with Crippen molar-refractivity contribution in [3.63, 3.8) is 0 Å². The number of nitrogens with zero attached hydrogens (tertiary/aromatic N) is 3. The van der Waals surface area contributed by atoms with Crippen LogP contribution in [-0.2, 0) is 13.1 Å². The van der Waals surface area contributed by atoms with E-state index in [0.717, 1.165) is 17.1 Å². The molecule has 2 aromatic rings. The lowest BCUT2D eigenvalue weighted by Gasteiger charge is -2.09. The summed E-state index contributed by atoms with van der Waals surface area (Å²) >= 11 is 5.86. The highest BCUT2D eigenvalue weighted by Crippen LogP contribution is 2.10. The normalized spacial score (nSPS) is 11.5. The van der Waals surface area contributed by atoms with Crippen molar-refractivity contribution >= 4 is 17.6 Å². The average Bonchev–Trinajstić information content (AvgIpc) is 2.89. The van der Waals surface area contributed by atoms with E-state index in [4.69, 9.17) is 16.1 Å². The summed E-state index contributed by atoms with van der Waals surface area (Å²) < 4.78 is 4.92. The van der Waals surface area contributed by atoms with Crippen molar-refractivity contribution in [3.05, 3.63) is 46.6 Å². The number of hydrogen-bond donors (Lipinski definition) is 2. The van der Waals surface area contributed by atoms with Gasteiger partial charge >= 0.3 is 0 Å². The molecule has 0 saturated heterocycles. The molecule has 21 heavy (non-hydrogen) atoms. The zero-order valence-corrected chi connectivity index (χ0v) is 12.8. The van der Waals surface area contributed by atoms with E-state index in [1.807, 2.05) is 31.2 Å². The summed E-state index contributed by atoms with van der Waals surface area (Å²) in [6.45, 7) is 5.58. The molecule has 6 nitrogen and oxygen atoms in total. The van der Waals surface area contributed by atoms with E-state index in [1.165, 1.54) is 0 Å². The van der Waals surface area contributed by atoms with Crippen LogP contribution in [0, 0.1) is 6.92 Å². The Labute approximate surface area is 128 Å². The molecular formula is C14H18ClN5O. The van der Waals surface area contributed by atoms with Crippen LogP contribution in [0.15, 0.2) is 33.8 Å². The average molecular weight is 308 g/mol. The van der Waals surface area contributed by atoms with Crippen LogP contribution in [0.25, 0.3) is 0 Å². The van der Waals surface area contributed by atoms with Gasteiger partial charge in [0.15, 0.2) is 11.8 Å². The van der Waals surface area contributed by atoms with Crippen molar-refractivity contribution in [2.24, 2.45) is 4.99 Å².